The van der Waals surface area contributed by atoms with Gasteiger partial charge in [0, 0.05) is 12.8 Å². The van der Waals surface area contributed by atoms with Crippen LogP contribution in [0.3, 0.4) is 0 Å². The number of hydrogen-bond donors (Lipinski definition) is 0. The van der Waals surface area contributed by atoms with Crippen LogP contribution >= 0.6 is 0 Å². The Bertz CT molecular complexity index is 203. The van der Waals surface area contributed by atoms with Crippen molar-refractivity contribution in [2.45, 2.75) is 98.4 Å². The van der Waals surface area contributed by atoms with E-state index >= 15 is 0 Å². The zero-order valence-electron chi connectivity index (χ0n) is 14.1. The van der Waals surface area contributed by atoms with Crippen molar-refractivity contribution in [3.05, 3.63) is 0 Å². The molecule has 19 heavy (non-hydrogen) atoms. The van der Waals surface area contributed by atoms with E-state index in [1.807, 2.05) is 0 Å². The molecule has 0 bridgehead atoms. The first-order valence-electron chi connectivity index (χ1n) is 8.31. The average Bonchev–Trinajstić information content (AvgIpc) is 2.35. The zero-order valence-corrected chi connectivity index (χ0v) is 14.1. The van der Waals surface area contributed by atoms with Gasteiger partial charge in [0.2, 0.25) is 0 Å². The van der Waals surface area contributed by atoms with Crippen LogP contribution in [0.5, 0.6) is 0 Å². The van der Waals surface area contributed by atoms with Crippen molar-refractivity contribution >= 4 is 0 Å². The van der Waals surface area contributed by atoms with Crippen molar-refractivity contribution in [3.8, 4) is 0 Å². The van der Waals surface area contributed by atoms with Crippen molar-refractivity contribution < 1.29 is 9.47 Å². The lowest BCUT2D eigenvalue weighted by molar-refractivity contribution is -0.269. The molecule has 0 aromatic carbocycles. The normalized spacial score (nSPS) is 16.6. The quantitative estimate of drug-likeness (QED) is 0.342. The van der Waals surface area contributed by atoms with E-state index in [0.29, 0.717) is 5.92 Å². The Balaban J connectivity index is 4.73. The van der Waals surface area contributed by atoms with Crippen LogP contribution < -0.4 is 0 Å². The van der Waals surface area contributed by atoms with Crippen molar-refractivity contribution in [1.82, 2.24) is 0 Å². The van der Waals surface area contributed by atoms with Crippen LogP contribution in [0.2, 0.25) is 0 Å². The molecule has 0 amide bonds. The third-order valence-electron chi connectivity index (χ3n) is 3.48. The van der Waals surface area contributed by atoms with E-state index in [1.54, 1.807) is 0 Å². The second-order valence-electron chi connectivity index (χ2n) is 6.15. The molecular formula is C17H36O2. The third kappa shape index (κ3) is 8.65. The monoisotopic (exact) mass is 272 g/mol. The van der Waals surface area contributed by atoms with E-state index in [1.165, 1.54) is 19.3 Å². The van der Waals surface area contributed by atoms with Crippen LogP contribution in [-0.2, 0) is 9.47 Å². The Morgan fingerprint density at radius 3 is 2.05 bits per heavy atom. The topological polar surface area (TPSA) is 18.5 Å². The van der Waals surface area contributed by atoms with Crippen LogP contribution in [0.15, 0.2) is 0 Å². The van der Waals surface area contributed by atoms with E-state index in [2.05, 4.69) is 41.5 Å². The fraction of sp³-hybridized carbons (Fsp3) is 1.00. The number of unbranched alkanes of at least 4 members (excludes halogenated alkanes) is 2. The van der Waals surface area contributed by atoms with E-state index in [9.17, 15) is 0 Å². The summed E-state index contributed by atoms with van der Waals surface area (Å²) in [6, 6.07) is 0. The lowest BCUT2D eigenvalue weighted by atomic mass is 9.97. The van der Waals surface area contributed by atoms with Crippen LogP contribution in [0.25, 0.3) is 0 Å². The summed E-state index contributed by atoms with van der Waals surface area (Å²) in [5, 5.41) is 0. The fourth-order valence-electron chi connectivity index (χ4n) is 2.29. The molecule has 2 unspecified atom stereocenters. The molecule has 2 atom stereocenters. The molecule has 0 aromatic rings. The maximum atomic E-state index is 6.32. The van der Waals surface area contributed by atoms with Gasteiger partial charge in [0.1, 0.15) is 0 Å². The lowest BCUT2D eigenvalue weighted by Gasteiger charge is -2.37. The minimum atomic E-state index is -0.352. The molecular weight excluding hydrogens is 236 g/mol. The molecule has 116 valence electrons. The van der Waals surface area contributed by atoms with Gasteiger partial charge in [-0.1, -0.05) is 47.5 Å². The molecule has 0 fully saturated rings. The Morgan fingerprint density at radius 1 is 0.947 bits per heavy atom. The highest BCUT2D eigenvalue weighted by Crippen LogP contribution is 2.31. The summed E-state index contributed by atoms with van der Waals surface area (Å²) < 4.78 is 12.6. The van der Waals surface area contributed by atoms with Crippen molar-refractivity contribution in [2.24, 2.45) is 5.92 Å². The molecule has 0 aliphatic rings. The van der Waals surface area contributed by atoms with E-state index < -0.39 is 0 Å². The van der Waals surface area contributed by atoms with Crippen LogP contribution in [-0.4, -0.2) is 18.5 Å². The van der Waals surface area contributed by atoms with Gasteiger partial charge in [-0.05, 0) is 32.1 Å². The van der Waals surface area contributed by atoms with E-state index in [0.717, 1.165) is 32.3 Å². The molecule has 0 saturated carbocycles. The fourth-order valence-corrected chi connectivity index (χ4v) is 2.29. The van der Waals surface area contributed by atoms with Gasteiger partial charge >= 0.3 is 0 Å². The highest BCUT2D eigenvalue weighted by Gasteiger charge is 2.33. The van der Waals surface area contributed by atoms with Gasteiger partial charge in [-0.15, -0.1) is 0 Å². The van der Waals surface area contributed by atoms with Crippen LogP contribution in [0.1, 0.15) is 86.5 Å². The molecule has 0 radical (unpaired) electrons. The van der Waals surface area contributed by atoms with Crippen molar-refractivity contribution in [1.29, 1.82) is 0 Å². The summed E-state index contributed by atoms with van der Waals surface area (Å²) in [6.07, 6.45) is 8.01. The summed E-state index contributed by atoms with van der Waals surface area (Å²) in [6.45, 7) is 14.1. The Morgan fingerprint density at radius 2 is 1.58 bits per heavy atom. The van der Waals surface area contributed by atoms with E-state index in [4.69, 9.17) is 9.47 Å². The predicted molar refractivity (Wildman–Crippen MR) is 83.4 cm³/mol. The first-order chi connectivity index (χ1) is 8.99. The SMILES string of the molecule is CCCCOC(CCCC)(CC(C)C)OC(C)CC. The molecule has 0 saturated heterocycles. The molecule has 0 spiro atoms. The minimum Gasteiger partial charge on any atom is -0.350 e. The number of ether oxygens (including phenoxy) is 2. The van der Waals surface area contributed by atoms with Gasteiger partial charge < -0.3 is 9.47 Å². The number of hydrogen-bond acceptors (Lipinski definition) is 2. The molecule has 0 aliphatic heterocycles. The Hall–Kier alpha value is -0.0800. The van der Waals surface area contributed by atoms with E-state index in [-0.39, 0.29) is 11.9 Å². The first kappa shape index (κ1) is 18.9. The number of rotatable bonds is 12. The maximum Gasteiger partial charge on any atom is 0.168 e. The minimum absolute atomic E-state index is 0.275. The Labute approximate surface area is 121 Å². The van der Waals surface area contributed by atoms with Crippen molar-refractivity contribution in [3.63, 3.8) is 0 Å². The van der Waals surface area contributed by atoms with Gasteiger partial charge in [-0.25, -0.2) is 0 Å². The van der Waals surface area contributed by atoms with Crippen LogP contribution in [0, 0.1) is 5.92 Å². The van der Waals surface area contributed by atoms with Gasteiger partial charge in [0.25, 0.3) is 0 Å². The highest BCUT2D eigenvalue weighted by molar-refractivity contribution is 4.74. The first-order valence-corrected chi connectivity index (χ1v) is 8.31. The summed E-state index contributed by atoms with van der Waals surface area (Å²) >= 11 is 0. The summed E-state index contributed by atoms with van der Waals surface area (Å²) in [5.74, 6) is 0.247. The van der Waals surface area contributed by atoms with Gasteiger partial charge in [-0.2, -0.15) is 0 Å². The largest absolute Gasteiger partial charge is 0.350 e. The zero-order chi connectivity index (χ0) is 14.7. The summed E-state index contributed by atoms with van der Waals surface area (Å²) in [4.78, 5) is 0. The lowest BCUT2D eigenvalue weighted by Crippen LogP contribution is -2.40. The molecule has 0 N–H and O–H groups in total. The molecule has 2 nitrogen and oxygen atoms in total. The van der Waals surface area contributed by atoms with Crippen molar-refractivity contribution in [2.75, 3.05) is 6.61 Å². The second-order valence-corrected chi connectivity index (χ2v) is 6.15. The van der Waals surface area contributed by atoms with Gasteiger partial charge in [0.15, 0.2) is 5.79 Å². The maximum absolute atomic E-state index is 6.32. The predicted octanol–water partition coefficient (Wildman–Crippen LogP) is 5.55. The molecule has 0 aliphatic carbocycles. The average molecular weight is 272 g/mol. The molecule has 0 heterocycles. The Kier molecular flexibility index (Phi) is 10.6. The third-order valence-corrected chi connectivity index (χ3v) is 3.48. The second kappa shape index (κ2) is 10.7. The van der Waals surface area contributed by atoms with Gasteiger partial charge in [-0.3, -0.25) is 0 Å². The van der Waals surface area contributed by atoms with Crippen LogP contribution in [0.4, 0.5) is 0 Å². The molecule has 0 rings (SSSR count). The molecule has 2 heteroatoms. The standard InChI is InChI=1S/C17H36O2/c1-7-10-12-17(14-15(4)5,18-13-11-8-2)19-16(6)9-3/h15-16H,7-14H2,1-6H3. The van der Waals surface area contributed by atoms with Gasteiger partial charge in [0.05, 0.1) is 12.7 Å². The summed E-state index contributed by atoms with van der Waals surface area (Å²) in [5.41, 5.74) is 0. The smallest absolute Gasteiger partial charge is 0.168 e. The highest BCUT2D eigenvalue weighted by atomic mass is 16.7. The summed E-state index contributed by atoms with van der Waals surface area (Å²) in [7, 11) is 0. The molecule has 0 aromatic heterocycles.